The maximum Gasteiger partial charge on any atom is 0.159 e. The number of aromatic nitrogens is 4. The van der Waals surface area contributed by atoms with E-state index in [-0.39, 0.29) is 0 Å². The van der Waals surface area contributed by atoms with Crippen molar-refractivity contribution in [2.75, 3.05) is 5.73 Å². The Morgan fingerprint density at radius 1 is 1.40 bits per heavy atom. The summed E-state index contributed by atoms with van der Waals surface area (Å²) >= 11 is 3.32. The predicted octanol–water partition coefficient (Wildman–Crippen LogP) is 1.49. The Morgan fingerprint density at radius 3 is 2.73 bits per heavy atom. The van der Waals surface area contributed by atoms with Crippen molar-refractivity contribution in [1.82, 2.24) is 19.6 Å². The van der Waals surface area contributed by atoms with E-state index in [0.717, 1.165) is 16.6 Å². The van der Waals surface area contributed by atoms with Crippen molar-refractivity contribution in [2.24, 2.45) is 0 Å². The summed E-state index contributed by atoms with van der Waals surface area (Å²) in [7, 11) is 0. The molecule has 2 heterocycles. The van der Waals surface area contributed by atoms with Gasteiger partial charge in [0.2, 0.25) is 0 Å². The molecule has 0 bridgehead atoms. The van der Waals surface area contributed by atoms with E-state index in [1.54, 1.807) is 4.68 Å². The summed E-state index contributed by atoms with van der Waals surface area (Å²) in [4.78, 5) is 0. The highest BCUT2D eigenvalue weighted by molar-refractivity contribution is 9.10. The fourth-order valence-corrected chi connectivity index (χ4v) is 1.66. The van der Waals surface area contributed by atoms with Crippen LogP contribution >= 0.6 is 15.9 Å². The maximum absolute atomic E-state index is 5.63. The predicted molar refractivity (Wildman–Crippen MR) is 61.3 cm³/mol. The molecular weight excluding hydrogens is 258 g/mol. The highest BCUT2D eigenvalue weighted by atomic mass is 79.9. The quantitative estimate of drug-likeness (QED) is 0.919. The normalized spacial score (nSPS) is 10.8. The lowest BCUT2D eigenvalue weighted by Gasteiger charge is -1.96. The van der Waals surface area contributed by atoms with Gasteiger partial charge in [0, 0.05) is 24.5 Å². The number of aryl methyl sites for hydroxylation is 1. The van der Waals surface area contributed by atoms with Gasteiger partial charge in [0.1, 0.15) is 0 Å². The number of anilines is 1. The van der Waals surface area contributed by atoms with Gasteiger partial charge in [-0.05, 0) is 22.9 Å². The second kappa shape index (κ2) is 4.06. The first-order valence-electron chi connectivity index (χ1n) is 4.69. The van der Waals surface area contributed by atoms with Gasteiger partial charge < -0.3 is 5.73 Å². The van der Waals surface area contributed by atoms with Crippen LogP contribution in [-0.2, 0) is 13.1 Å². The van der Waals surface area contributed by atoms with E-state index < -0.39 is 0 Å². The zero-order valence-electron chi connectivity index (χ0n) is 8.39. The van der Waals surface area contributed by atoms with Crippen molar-refractivity contribution in [2.45, 2.75) is 20.0 Å². The molecule has 0 atom stereocenters. The monoisotopic (exact) mass is 269 g/mol. The first kappa shape index (κ1) is 10.2. The van der Waals surface area contributed by atoms with Crippen molar-refractivity contribution >= 4 is 21.7 Å². The third-order valence-electron chi connectivity index (χ3n) is 2.10. The lowest BCUT2D eigenvalue weighted by molar-refractivity contribution is 0.655. The van der Waals surface area contributed by atoms with Gasteiger partial charge >= 0.3 is 0 Å². The first-order valence-corrected chi connectivity index (χ1v) is 5.48. The zero-order valence-corrected chi connectivity index (χ0v) is 9.98. The van der Waals surface area contributed by atoms with E-state index >= 15 is 0 Å². The van der Waals surface area contributed by atoms with Crippen LogP contribution in [0.4, 0.5) is 5.82 Å². The summed E-state index contributed by atoms with van der Waals surface area (Å²) < 4.78 is 4.50. The Balaban J connectivity index is 2.14. The standard InChI is InChI=1S/C9H12BrN5/c1-2-14-4-7(3-12-14)5-15-6-8(10)9(11)13-15/h3-4,6H,2,5H2,1H3,(H2,11,13). The SMILES string of the molecule is CCn1cc(Cn2cc(Br)c(N)n2)cn1. The van der Waals surface area contributed by atoms with Crippen LogP contribution < -0.4 is 5.73 Å². The average molecular weight is 270 g/mol. The molecule has 0 saturated heterocycles. The molecule has 0 fully saturated rings. The Hall–Kier alpha value is -1.30. The van der Waals surface area contributed by atoms with Crippen LogP contribution in [0.1, 0.15) is 12.5 Å². The number of hydrogen-bond acceptors (Lipinski definition) is 3. The molecule has 0 spiro atoms. The molecule has 2 N–H and O–H groups in total. The fraction of sp³-hybridized carbons (Fsp3) is 0.333. The van der Waals surface area contributed by atoms with Gasteiger partial charge in [-0.3, -0.25) is 9.36 Å². The molecule has 0 amide bonds. The molecule has 80 valence electrons. The van der Waals surface area contributed by atoms with Gasteiger partial charge in [0.05, 0.1) is 17.2 Å². The molecule has 0 aliphatic heterocycles. The van der Waals surface area contributed by atoms with Crippen molar-refractivity contribution in [3.8, 4) is 0 Å². The average Bonchev–Trinajstić information content (AvgIpc) is 2.76. The number of nitrogen functional groups attached to an aromatic ring is 1. The molecule has 0 saturated carbocycles. The molecule has 0 unspecified atom stereocenters. The Morgan fingerprint density at radius 2 is 2.20 bits per heavy atom. The van der Waals surface area contributed by atoms with Crippen LogP contribution in [0.15, 0.2) is 23.1 Å². The third kappa shape index (κ3) is 2.20. The molecule has 2 aromatic rings. The highest BCUT2D eigenvalue weighted by Gasteiger charge is 2.04. The lowest BCUT2D eigenvalue weighted by atomic mass is 10.4. The largest absolute Gasteiger partial charge is 0.381 e. The van der Waals surface area contributed by atoms with Crippen LogP contribution in [-0.4, -0.2) is 19.6 Å². The minimum absolute atomic E-state index is 0.512. The summed E-state index contributed by atoms with van der Waals surface area (Å²) in [5, 5.41) is 8.34. The second-order valence-electron chi connectivity index (χ2n) is 3.26. The smallest absolute Gasteiger partial charge is 0.159 e. The van der Waals surface area contributed by atoms with Gasteiger partial charge in [-0.15, -0.1) is 0 Å². The van der Waals surface area contributed by atoms with Crippen molar-refractivity contribution < 1.29 is 0 Å². The Bertz CT molecular complexity index is 439. The number of nitrogens with two attached hydrogens (primary N) is 1. The van der Waals surface area contributed by atoms with E-state index in [9.17, 15) is 0 Å². The first-order chi connectivity index (χ1) is 7.19. The van der Waals surface area contributed by atoms with E-state index in [2.05, 4.69) is 33.1 Å². The number of hydrogen-bond donors (Lipinski definition) is 1. The summed E-state index contributed by atoms with van der Waals surface area (Å²) in [5.74, 6) is 0.512. The minimum Gasteiger partial charge on any atom is -0.381 e. The highest BCUT2D eigenvalue weighted by Crippen LogP contribution is 2.16. The van der Waals surface area contributed by atoms with E-state index in [1.165, 1.54) is 0 Å². The molecule has 2 rings (SSSR count). The Labute approximate surface area is 96.0 Å². The summed E-state index contributed by atoms with van der Waals surface area (Å²) in [6.45, 7) is 3.63. The molecule has 6 heteroatoms. The van der Waals surface area contributed by atoms with Crippen LogP contribution in [0, 0.1) is 0 Å². The topological polar surface area (TPSA) is 61.7 Å². The second-order valence-corrected chi connectivity index (χ2v) is 4.12. The maximum atomic E-state index is 5.63. The van der Waals surface area contributed by atoms with Crippen molar-refractivity contribution in [3.05, 3.63) is 28.6 Å². The summed E-state index contributed by atoms with van der Waals surface area (Å²) in [6, 6.07) is 0. The van der Waals surface area contributed by atoms with Crippen LogP contribution in [0.25, 0.3) is 0 Å². The zero-order chi connectivity index (χ0) is 10.8. The summed E-state index contributed by atoms with van der Waals surface area (Å²) in [6.07, 6.45) is 5.71. The molecule has 0 aliphatic rings. The van der Waals surface area contributed by atoms with Crippen LogP contribution in [0.5, 0.6) is 0 Å². The molecular formula is C9H12BrN5. The molecule has 5 nitrogen and oxygen atoms in total. The molecule has 0 aliphatic carbocycles. The van der Waals surface area contributed by atoms with Crippen molar-refractivity contribution in [1.29, 1.82) is 0 Å². The summed E-state index contributed by atoms with van der Waals surface area (Å²) in [5.41, 5.74) is 6.74. The molecule has 15 heavy (non-hydrogen) atoms. The van der Waals surface area contributed by atoms with Gasteiger partial charge in [-0.25, -0.2) is 0 Å². The van der Waals surface area contributed by atoms with Crippen LogP contribution in [0.2, 0.25) is 0 Å². The number of nitrogens with zero attached hydrogens (tertiary/aromatic N) is 4. The molecule has 0 radical (unpaired) electrons. The Kier molecular flexibility index (Phi) is 2.77. The van der Waals surface area contributed by atoms with Gasteiger partial charge in [0.15, 0.2) is 5.82 Å². The van der Waals surface area contributed by atoms with E-state index in [4.69, 9.17) is 5.73 Å². The number of rotatable bonds is 3. The number of halogens is 1. The van der Waals surface area contributed by atoms with Gasteiger partial charge in [-0.1, -0.05) is 0 Å². The minimum atomic E-state index is 0.512. The van der Waals surface area contributed by atoms with Gasteiger partial charge in [-0.2, -0.15) is 10.2 Å². The van der Waals surface area contributed by atoms with Gasteiger partial charge in [0.25, 0.3) is 0 Å². The lowest BCUT2D eigenvalue weighted by Crippen LogP contribution is -2.00. The van der Waals surface area contributed by atoms with Crippen molar-refractivity contribution in [3.63, 3.8) is 0 Å². The molecule has 2 aromatic heterocycles. The molecule has 0 aromatic carbocycles. The fourth-order valence-electron chi connectivity index (χ4n) is 1.34. The third-order valence-corrected chi connectivity index (χ3v) is 2.71. The van der Waals surface area contributed by atoms with Crippen LogP contribution in [0.3, 0.4) is 0 Å². The van der Waals surface area contributed by atoms with E-state index in [1.807, 2.05) is 23.3 Å². The van der Waals surface area contributed by atoms with E-state index in [0.29, 0.717) is 12.4 Å².